The van der Waals surface area contributed by atoms with Gasteiger partial charge in [0, 0.05) is 31.2 Å². The molecular weight excluding hydrogens is 395 g/mol. The zero-order chi connectivity index (χ0) is 18.5. The van der Waals surface area contributed by atoms with Gasteiger partial charge < -0.3 is 25.6 Å². The van der Waals surface area contributed by atoms with Gasteiger partial charge in [-0.2, -0.15) is 0 Å². The number of nitrogens with zero attached hydrogens (tertiary/aromatic N) is 1. The van der Waals surface area contributed by atoms with Crippen molar-refractivity contribution in [2.24, 2.45) is 0 Å². The Bertz CT molecular complexity index is 697. The van der Waals surface area contributed by atoms with Crippen molar-refractivity contribution in [3.63, 3.8) is 0 Å². The van der Waals surface area contributed by atoms with Crippen LogP contribution in [0.3, 0.4) is 0 Å². The molecular formula is C17H22Cl2N4O4. The van der Waals surface area contributed by atoms with Gasteiger partial charge in [0.1, 0.15) is 6.61 Å². The average molecular weight is 417 g/mol. The van der Waals surface area contributed by atoms with Gasteiger partial charge in [0.15, 0.2) is 6.10 Å². The number of hydrogen-bond donors (Lipinski definition) is 3. The van der Waals surface area contributed by atoms with E-state index in [-0.39, 0.29) is 37.4 Å². The van der Waals surface area contributed by atoms with Crippen LogP contribution >= 0.6 is 24.0 Å². The van der Waals surface area contributed by atoms with Crippen molar-refractivity contribution in [1.82, 2.24) is 20.9 Å². The third-order valence-corrected chi connectivity index (χ3v) is 4.74. The van der Waals surface area contributed by atoms with Gasteiger partial charge in [-0.05, 0) is 11.6 Å². The minimum absolute atomic E-state index is 0. The molecule has 8 nitrogen and oxygen atoms in total. The van der Waals surface area contributed by atoms with Crippen LogP contribution in [0.1, 0.15) is 11.6 Å². The van der Waals surface area contributed by atoms with Crippen molar-refractivity contribution in [3.8, 4) is 0 Å². The number of ether oxygens (including phenoxy) is 1. The van der Waals surface area contributed by atoms with E-state index in [4.69, 9.17) is 16.3 Å². The van der Waals surface area contributed by atoms with Gasteiger partial charge in [0.25, 0.3) is 5.91 Å². The first-order valence-corrected chi connectivity index (χ1v) is 8.85. The summed E-state index contributed by atoms with van der Waals surface area (Å²) in [5.41, 5.74) is 0.593. The molecule has 1 aromatic carbocycles. The Kier molecular flexibility index (Phi) is 7.85. The van der Waals surface area contributed by atoms with Crippen molar-refractivity contribution < 1.29 is 19.1 Å². The molecule has 0 aromatic heterocycles. The lowest BCUT2D eigenvalue weighted by molar-refractivity contribution is -0.149. The lowest BCUT2D eigenvalue weighted by Crippen LogP contribution is -2.54. The highest BCUT2D eigenvalue weighted by atomic mass is 35.5. The number of morpholine rings is 1. The lowest BCUT2D eigenvalue weighted by Gasteiger charge is -2.32. The monoisotopic (exact) mass is 416 g/mol. The summed E-state index contributed by atoms with van der Waals surface area (Å²) in [6, 6.07) is 6.23. The molecule has 2 aliphatic rings. The van der Waals surface area contributed by atoms with Crippen LogP contribution in [0.5, 0.6) is 0 Å². The van der Waals surface area contributed by atoms with Crippen LogP contribution in [0.25, 0.3) is 0 Å². The van der Waals surface area contributed by atoms with Gasteiger partial charge in [0.2, 0.25) is 11.8 Å². The molecule has 0 unspecified atom stereocenters. The third-order valence-electron chi connectivity index (χ3n) is 4.40. The second-order valence-corrected chi connectivity index (χ2v) is 6.55. The van der Waals surface area contributed by atoms with Crippen LogP contribution < -0.4 is 16.0 Å². The summed E-state index contributed by atoms with van der Waals surface area (Å²) in [6.07, 6.45) is -0.955. The third kappa shape index (κ3) is 5.32. The van der Waals surface area contributed by atoms with E-state index >= 15 is 0 Å². The molecule has 0 saturated carbocycles. The Labute approximate surface area is 168 Å². The quantitative estimate of drug-likeness (QED) is 0.634. The fraction of sp³-hybridized carbons (Fsp3) is 0.471. The molecule has 2 aliphatic heterocycles. The number of carbonyl (C=O) groups is 3. The zero-order valence-electron chi connectivity index (χ0n) is 14.6. The van der Waals surface area contributed by atoms with Crippen molar-refractivity contribution in [3.05, 3.63) is 34.9 Å². The van der Waals surface area contributed by atoms with Gasteiger partial charge in [-0.25, -0.2) is 0 Å². The van der Waals surface area contributed by atoms with Crippen LogP contribution in [0.15, 0.2) is 24.3 Å². The molecule has 0 bridgehead atoms. The normalized spacial score (nSPS) is 22.4. The zero-order valence-corrected chi connectivity index (χ0v) is 16.1. The van der Waals surface area contributed by atoms with Crippen LogP contribution in [0.2, 0.25) is 5.02 Å². The summed E-state index contributed by atoms with van der Waals surface area (Å²) in [7, 11) is 0. The van der Waals surface area contributed by atoms with E-state index in [1.807, 2.05) is 0 Å². The van der Waals surface area contributed by atoms with E-state index in [0.29, 0.717) is 23.7 Å². The summed E-state index contributed by atoms with van der Waals surface area (Å²) in [4.78, 5) is 38.2. The minimum atomic E-state index is -0.955. The van der Waals surface area contributed by atoms with E-state index in [2.05, 4.69) is 16.0 Å². The molecule has 3 rings (SSSR count). The number of nitrogens with one attached hydrogen (secondary N) is 3. The number of piperazine rings is 1. The van der Waals surface area contributed by atoms with Gasteiger partial charge in [0.05, 0.1) is 12.6 Å². The Balaban J connectivity index is 0.00000261. The molecule has 27 heavy (non-hydrogen) atoms. The van der Waals surface area contributed by atoms with Crippen LogP contribution in [0.4, 0.5) is 0 Å². The number of rotatable bonds is 4. The maximum absolute atomic E-state index is 12.6. The minimum Gasteiger partial charge on any atom is -0.356 e. The van der Waals surface area contributed by atoms with E-state index in [1.54, 1.807) is 29.2 Å². The highest BCUT2D eigenvalue weighted by Crippen LogP contribution is 2.28. The summed E-state index contributed by atoms with van der Waals surface area (Å²) < 4.78 is 5.43. The lowest BCUT2D eigenvalue weighted by atomic mass is 9.99. The summed E-state index contributed by atoms with van der Waals surface area (Å²) in [6.45, 7) is 2.39. The fourth-order valence-electron chi connectivity index (χ4n) is 3.04. The molecule has 0 spiro atoms. The number of benzene rings is 1. The standard InChI is InChI=1S/C17H21ClN4O4.ClH/c18-12-4-2-1-3-11(12)15-16(26-10-13(23)21-15)17(25)20-9-14(24)22-7-5-19-6-8-22;/h1-4,15-16,19H,5-10H2,(H,20,25)(H,21,23);1H/t15-,16+;/m1./s1. The van der Waals surface area contributed by atoms with Crippen molar-refractivity contribution in [2.75, 3.05) is 39.3 Å². The highest BCUT2D eigenvalue weighted by Gasteiger charge is 2.37. The SMILES string of the molecule is Cl.O=C1CO[C@H](C(=O)NCC(=O)N2CCNCC2)[C@@H](c2ccccc2Cl)N1. The smallest absolute Gasteiger partial charge is 0.252 e. The molecule has 0 aliphatic carbocycles. The van der Waals surface area contributed by atoms with Crippen molar-refractivity contribution in [2.45, 2.75) is 12.1 Å². The molecule has 0 radical (unpaired) electrons. The number of carbonyl (C=O) groups excluding carboxylic acids is 3. The molecule has 2 saturated heterocycles. The van der Waals surface area contributed by atoms with E-state index in [1.165, 1.54) is 0 Å². The first kappa shape index (κ1) is 21.4. The predicted octanol–water partition coefficient (Wildman–Crippen LogP) is -0.134. The maximum Gasteiger partial charge on any atom is 0.252 e. The van der Waals surface area contributed by atoms with Crippen molar-refractivity contribution in [1.29, 1.82) is 0 Å². The largest absolute Gasteiger partial charge is 0.356 e. The van der Waals surface area contributed by atoms with Crippen LogP contribution in [-0.2, 0) is 19.1 Å². The summed E-state index contributed by atoms with van der Waals surface area (Å²) >= 11 is 6.20. The number of hydrogen-bond acceptors (Lipinski definition) is 5. The maximum atomic E-state index is 12.6. The van der Waals surface area contributed by atoms with Gasteiger partial charge >= 0.3 is 0 Å². The first-order valence-electron chi connectivity index (χ1n) is 8.48. The molecule has 2 atom stereocenters. The van der Waals surface area contributed by atoms with E-state index < -0.39 is 18.1 Å². The average Bonchev–Trinajstić information content (AvgIpc) is 2.67. The molecule has 10 heteroatoms. The topological polar surface area (TPSA) is 99.8 Å². The first-order chi connectivity index (χ1) is 12.6. The summed E-state index contributed by atoms with van der Waals surface area (Å²) in [5.74, 6) is -0.928. The van der Waals surface area contributed by atoms with Crippen LogP contribution in [-0.4, -0.2) is 68.1 Å². The highest BCUT2D eigenvalue weighted by molar-refractivity contribution is 6.31. The van der Waals surface area contributed by atoms with Crippen molar-refractivity contribution >= 4 is 41.7 Å². The Morgan fingerprint density at radius 2 is 1.96 bits per heavy atom. The van der Waals surface area contributed by atoms with Gasteiger partial charge in [-0.15, -0.1) is 12.4 Å². The number of halogens is 2. The Morgan fingerprint density at radius 1 is 1.26 bits per heavy atom. The van der Waals surface area contributed by atoms with E-state index in [0.717, 1.165) is 13.1 Å². The molecule has 3 N–H and O–H groups in total. The van der Waals surface area contributed by atoms with E-state index in [9.17, 15) is 14.4 Å². The second kappa shape index (κ2) is 9.89. The van der Waals surface area contributed by atoms with Gasteiger partial charge in [-0.3, -0.25) is 14.4 Å². The summed E-state index contributed by atoms with van der Waals surface area (Å²) in [5, 5.41) is 8.95. The molecule has 148 valence electrons. The molecule has 2 fully saturated rings. The second-order valence-electron chi connectivity index (χ2n) is 6.15. The Hall–Kier alpha value is -1.87. The van der Waals surface area contributed by atoms with Crippen LogP contribution in [0, 0.1) is 0 Å². The Morgan fingerprint density at radius 3 is 2.67 bits per heavy atom. The van der Waals surface area contributed by atoms with Gasteiger partial charge in [-0.1, -0.05) is 29.8 Å². The predicted molar refractivity (Wildman–Crippen MR) is 102 cm³/mol. The molecule has 2 heterocycles. The molecule has 3 amide bonds. The number of amides is 3. The molecule has 1 aromatic rings. The fourth-order valence-corrected chi connectivity index (χ4v) is 3.29.